The lowest BCUT2D eigenvalue weighted by atomic mass is 10.1. The van der Waals surface area contributed by atoms with Crippen LogP contribution in [0.4, 0.5) is 5.69 Å². The molecule has 3 rings (SSSR count). The number of ether oxygens (including phenoxy) is 1. The van der Waals surface area contributed by atoms with Crippen molar-refractivity contribution in [2.24, 2.45) is 0 Å². The number of nitrogens with one attached hydrogen (secondary N) is 1. The number of amides is 1. The van der Waals surface area contributed by atoms with Crippen molar-refractivity contribution in [3.63, 3.8) is 0 Å². The Balaban J connectivity index is 1.85. The number of carbonyl (C=O) groups excluding carboxylic acids is 1. The number of benzene rings is 1. The molecule has 1 aliphatic heterocycles. The average molecular weight is 274 g/mol. The zero-order chi connectivity index (χ0) is 13.9. The van der Waals surface area contributed by atoms with Gasteiger partial charge in [0.25, 0.3) is 5.91 Å². The van der Waals surface area contributed by atoms with E-state index in [2.05, 4.69) is 12.2 Å². The van der Waals surface area contributed by atoms with Crippen LogP contribution in [0.15, 0.2) is 18.2 Å². The maximum atomic E-state index is 12.8. The largest absolute Gasteiger partial charge is 0.489 e. The lowest BCUT2D eigenvalue weighted by molar-refractivity contribution is 0.0736. The molecule has 4 nitrogen and oxygen atoms in total. The van der Waals surface area contributed by atoms with E-state index in [-0.39, 0.29) is 5.91 Å². The van der Waals surface area contributed by atoms with Crippen molar-refractivity contribution in [1.82, 2.24) is 4.90 Å². The lowest BCUT2D eigenvalue weighted by Crippen LogP contribution is -2.34. The maximum absolute atomic E-state index is 12.8. The van der Waals surface area contributed by atoms with Gasteiger partial charge in [-0.3, -0.25) is 4.79 Å². The van der Waals surface area contributed by atoms with E-state index in [1.807, 2.05) is 23.1 Å². The van der Waals surface area contributed by atoms with Crippen LogP contribution in [0.3, 0.4) is 0 Å². The summed E-state index contributed by atoms with van der Waals surface area (Å²) in [4.78, 5) is 14.9. The summed E-state index contributed by atoms with van der Waals surface area (Å²) in [6, 6.07) is 6.23. The first kappa shape index (κ1) is 13.3. The molecule has 108 valence electrons. The fourth-order valence-corrected chi connectivity index (χ4v) is 2.66. The van der Waals surface area contributed by atoms with E-state index < -0.39 is 0 Å². The van der Waals surface area contributed by atoms with Gasteiger partial charge in [-0.05, 0) is 31.4 Å². The van der Waals surface area contributed by atoms with Gasteiger partial charge in [0.15, 0.2) is 5.75 Å². The third kappa shape index (κ3) is 2.60. The lowest BCUT2D eigenvalue weighted by Gasteiger charge is -2.26. The molecule has 0 aromatic heterocycles. The summed E-state index contributed by atoms with van der Waals surface area (Å²) in [5.41, 5.74) is 1.64. The highest BCUT2D eigenvalue weighted by Crippen LogP contribution is 2.35. The molecule has 1 saturated carbocycles. The molecule has 0 radical (unpaired) electrons. The molecular formula is C16H22N2O2. The standard InChI is InChI=1S/C16H22N2O2/c1-2-3-10-18(12-7-8-12)16(19)13-5-4-6-14-15(13)20-11-9-17-14/h4-6,12,17H,2-3,7-11H2,1H3. The molecule has 1 heterocycles. The van der Waals surface area contributed by atoms with E-state index in [9.17, 15) is 4.79 Å². The van der Waals surface area contributed by atoms with Crippen LogP contribution in [0, 0.1) is 0 Å². The van der Waals surface area contributed by atoms with Crippen LogP contribution in [0.5, 0.6) is 5.75 Å². The van der Waals surface area contributed by atoms with Gasteiger partial charge >= 0.3 is 0 Å². The summed E-state index contributed by atoms with van der Waals surface area (Å²) in [6.07, 6.45) is 4.46. The number of unbranched alkanes of at least 4 members (excludes halogenated alkanes) is 1. The van der Waals surface area contributed by atoms with Crippen LogP contribution in [0.25, 0.3) is 0 Å². The molecule has 0 unspecified atom stereocenters. The van der Waals surface area contributed by atoms with Gasteiger partial charge in [0.1, 0.15) is 6.61 Å². The van der Waals surface area contributed by atoms with Crippen molar-refractivity contribution in [3.05, 3.63) is 23.8 Å². The smallest absolute Gasteiger partial charge is 0.257 e. The zero-order valence-corrected chi connectivity index (χ0v) is 12.0. The molecule has 0 spiro atoms. The van der Waals surface area contributed by atoms with Crippen molar-refractivity contribution >= 4 is 11.6 Å². The summed E-state index contributed by atoms with van der Waals surface area (Å²) in [7, 11) is 0. The van der Waals surface area contributed by atoms with Crippen LogP contribution >= 0.6 is 0 Å². The minimum atomic E-state index is 0.126. The SMILES string of the molecule is CCCCN(C(=O)c1cccc2c1OCCN2)C1CC1. The number of nitrogens with zero attached hydrogens (tertiary/aromatic N) is 1. The molecule has 1 amide bonds. The van der Waals surface area contributed by atoms with E-state index in [1.54, 1.807) is 0 Å². The minimum absolute atomic E-state index is 0.126. The predicted octanol–water partition coefficient (Wildman–Crippen LogP) is 2.90. The number of fused-ring (bicyclic) bond motifs is 1. The van der Waals surface area contributed by atoms with Gasteiger partial charge in [0, 0.05) is 19.1 Å². The van der Waals surface area contributed by atoms with Gasteiger partial charge in [-0.15, -0.1) is 0 Å². The quantitative estimate of drug-likeness (QED) is 0.897. The first-order valence-corrected chi connectivity index (χ1v) is 7.62. The number of rotatable bonds is 5. The van der Waals surface area contributed by atoms with E-state index in [1.165, 1.54) is 0 Å². The van der Waals surface area contributed by atoms with E-state index in [0.717, 1.165) is 50.2 Å². The van der Waals surface area contributed by atoms with Crippen LogP contribution in [-0.2, 0) is 0 Å². The number of hydrogen-bond acceptors (Lipinski definition) is 3. The number of hydrogen-bond donors (Lipinski definition) is 1. The number of anilines is 1. The fourth-order valence-electron chi connectivity index (χ4n) is 2.66. The second-order valence-corrected chi connectivity index (χ2v) is 5.54. The van der Waals surface area contributed by atoms with Gasteiger partial charge in [0.2, 0.25) is 0 Å². The summed E-state index contributed by atoms with van der Waals surface area (Å²) in [5, 5.41) is 3.29. The van der Waals surface area contributed by atoms with Gasteiger partial charge in [-0.25, -0.2) is 0 Å². The monoisotopic (exact) mass is 274 g/mol. The molecule has 0 atom stereocenters. The van der Waals surface area contributed by atoms with Crippen LogP contribution in [0.2, 0.25) is 0 Å². The Morgan fingerprint density at radius 3 is 3.05 bits per heavy atom. The van der Waals surface area contributed by atoms with E-state index in [4.69, 9.17) is 4.74 Å². The fraction of sp³-hybridized carbons (Fsp3) is 0.562. The third-order valence-corrected chi connectivity index (χ3v) is 3.91. The maximum Gasteiger partial charge on any atom is 0.257 e. The predicted molar refractivity (Wildman–Crippen MR) is 79.4 cm³/mol. The van der Waals surface area contributed by atoms with Crippen molar-refractivity contribution in [1.29, 1.82) is 0 Å². The highest BCUT2D eigenvalue weighted by atomic mass is 16.5. The second kappa shape index (κ2) is 5.73. The Morgan fingerprint density at radius 2 is 2.30 bits per heavy atom. The zero-order valence-electron chi connectivity index (χ0n) is 12.0. The molecule has 4 heteroatoms. The second-order valence-electron chi connectivity index (χ2n) is 5.54. The molecule has 20 heavy (non-hydrogen) atoms. The van der Waals surface area contributed by atoms with Gasteiger partial charge in [-0.1, -0.05) is 19.4 Å². The summed E-state index contributed by atoms with van der Waals surface area (Å²) < 4.78 is 5.72. The van der Waals surface area contributed by atoms with E-state index >= 15 is 0 Å². The normalized spacial score (nSPS) is 16.9. The average Bonchev–Trinajstić information content (AvgIpc) is 3.31. The molecular weight excluding hydrogens is 252 g/mol. The molecule has 1 aromatic carbocycles. The first-order valence-electron chi connectivity index (χ1n) is 7.62. The Labute approximate surface area is 120 Å². The highest BCUT2D eigenvalue weighted by molar-refractivity contribution is 5.99. The van der Waals surface area contributed by atoms with Crippen molar-refractivity contribution in [2.75, 3.05) is 25.0 Å². The van der Waals surface area contributed by atoms with Gasteiger partial charge < -0.3 is 15.0 Å². The van der Waals surface area contributed by atoms with Crippen LogP contribution < -0.4 is 10.1 Å². The summed E-state index contributed by atoms with van der Waals surface area (Å²) in [6.45, 7) is 4.44. The van der Waals surface area contributed by atoms with Crippen molar-refractivity contribution in [2.45, 2.75) is 38.6 Å². The molecule has 1 N–H and O–H groups in total. The Kier molecular flexibility index (Phi) is 3.81. The molecule has 1 aromatic rings. The first-order chi connectivity index (χ1) is 9.81. The Hall–Kier alpha value is -1.71. The molecule has 1 aliphatic carbocycles. The Morgan fingerprint density at radius 1 is 1.45 bits per heavy atom. The third-order valence-electron chi connectivity index (χ3n) is 3.91. The van der Waals surface area contributed by atoms with E-state index in [0.29, 0.717) is 18.2 Å². The summed E-state index contributed by atoms with van der Waals surface area (Å²) >= 11 is 0. The van der Waals surface area contributed by atoms with Crippen LogP contribution in [-0.4, -0.2) is 36.5 Å². The highest BCUT2D eigenvalue weighted by Gasteiger charge is 2.34. The molecule has 0 saturated heterocycles. The van der Waals surface area contributed by atoms with Crippen molar-refractivity contribution in [3.8, 4) is 5.75 Å². The van der Waals surface area contributed by atoms with Crippen LogP contribution in [0.1, 0.15) is 43.0 Å². The molecule has 1 fully saturated rings. The van der Waals surface area contributed by atoms with Gasteiger partial charge in [0.05, 0.1) is 11.3 Å². The van der Waals surface area contributed by atoms with Gasteiger partial charge in [-0.2, -0.15) is 0 Å². The Bertz CT molecular complexity index is 497. The number of para-hydroxylation sites is 1. The topological polar surface area (TPSA) is 41.6 Å². The summed E-state index contributed by atoms with van der Waals surface area (Å²) in [5.74, 6) is 0.854. The molecule has 0 bridgehead atoms. The number of carbonyl (C=O) groups is 1. The minimum Gasteiger partial charge on any atom is -0.489 e. The molecule has 2 aliphatic rings. The van der Waals surface area contributed by atoms with Crippen molar-refractivity contribution < 1.29 is 9.53 Å².